The van der Waals surface area contributed by atoms with E-state index in [1.807, 2.05) is 0 Å². The highest BCUT2D eigenvalue weighted by Crippen LogP contribution is 2.22. The van der Waals surface area contributed by atoms with E-state index in [9.17, 15) is 13.6 Å². The lowest BCUT2D eigenvalue weighted by Crippen LogP contribution is -2.14. The average Bonchev–Trinajstić information content (AvgIpc) is 2.55. The molecule has 8 heteroatoms. The molecule has 0 spiro atoms. The summed E-state index contributed by atoms with van der Waals surface area (Å²) < 4.78 is 29.9. The smallest absolute Gasteiger partial charge is 0.272 e. The Hall–Kier alpha value is -1.37. The number of carbonyl (C=O) groups excluding carboxylic acids is 1. The molecule has 0 aliphatic carbocycles. The maximum Gasteiger partial charge on any atom is 0.272 e. The maximum atomic E-state index is 11.9. The highest BCUT2D eigenvalue weighted by molar-refractivity contribution is 6.29. The predicted octanol–water partition coefficient (Wildman–Crippen LogP) is 1.24. The topological polar surface area (TPSA) is 56.2 Å². The van der Waals surface area contributed by atoms with E-state index in [-0.39, 0.29) is 17.4 Å². The number of nitrogens with one attached hydrogen (secondary N) is 1. The summed E-state index contributed by atoms with van der Waals surface area (Å²) in [4.78, 5) is 11.0. The summed E-state index contributed by atoms with van der Waals surface area (Å²) >= 11 is 5.29. The van der Waals surface area contributed by atoms with Crippen molar-refractivity contribution in [2.24, 2.45) is 7.05 Å². The van der Waals surface area contributed by atoms with Gasteiger partial charge in [0.2, 0.25) is 5.91 Å². The number of anilines is 1. The zero-order valence-corrected chi connectivity index (χ0v) is 9.17. The maximum absolute atomic E-state index is 11.9. The molecule has 90 valence electrons. The molecule has 0 radical (unpaired) electrons. The molecular weight excluding hydrogens is 244 g/mol. The van der Waals surface area contributed by atoms with Crippen LogP contribution in [0.4, 0.5) is 14.5 Å². The summed E-state index contributed by atoms with van der Waals surface area (Å²) in [6.45, 7) is -0.777. The van der Waals surface area contributed by atoms with Gasteiger partial charge in [0.05, 0.1) is 6.20 Å². The molecule has 0 unspecified atom stereocenters. The number of aromatic nitrogens is 2. The van der Waals surface area contributed by atoms with E-state index in [0.29, 0.717) is 0 Å². The molecule has 0 aliphatic rings. The number of aryl methyl sites for hydroxylation is 1. The van der Waals surface area contributed by atoms with Crippen LogP contribution in [-0.2, 0) is 11.8 Å². The molecule has 0 saturated heterocycles. The van der Waals surface area contributed by atoms with E-state index in [2.05, 4.69) is 10.4 Å². The predicted molar refractivity (Wildman–Crippen MR) is 54.1 cm³/mol. The molecule has 1 rings (SSSR count). The molecule has 0 saturated carbocycles. The monoisotopic (exact) mass is 253 g/mol. The second kappa shape index (κ2) is 5.64. The molecule has 1 heterocycles. The van der Waals surface area contributed by atoms with Crippen LogP contribution >= 0.6 is 11.6 Å². The number of amides is 1. The molecule has 0 aromatic carbocycles. The molecule has 0 bridgehead atoms. The van der Waals surface area contributed by atoms with Crippen molar-refractivity contribution in [1.82, 2.24) is 9.78 Å². The van der Waals surface area contributed by atoms with Crippen LogP contribution in [0.1, 0.15) is 0 Å². The minimum Gasteiger partial charge on any atom is -0.469 e. The number of hydrogen-bond donors (Lipinski definition) is 1. The third-order valence-electron chi connectivity index (χ3n) is 1.54. The van der Waals surface area contributed by atoms with Crippen molar-refractivity contribution >= 4 is 23.2 Å². The molecule has 1 aromatic rings. The molecule has 5 nitrogen and oxygen atoms in total. The number of carbonyl (C=O) groups is 1. The number of nitrogens with zero attached hydrogens (tertiary/aromatic N) is 2. The Morgan fingerprint density at radius 1 is 1.75 bits per heavy atom. The van der Waals surface area contributed by atoms with E-state index in [1.165, 1.54) is 10.9 Å². The van der Waals surface area contributed by atoms with Crippen molar-refractivity contribution < 1.29 is 18.3 Å². The van der Waals surface area contributed by atoms with Gasteiger partial charge in [-0.15, -0.1) is 16.7 Å². The van der Waals surface area contributed by atoms with Gasteiger partial charge in [-0.1, -0.05) is 0 Å². The third-order valence-corrected chi connectivity index (χ3v) is 1.78. The van der Waals surface area contributed by atoms with Crippen molar-refractivity contribution in [3.05, 3.63) is 6.20 Å². The van der Waals surface area contributed by atoms with Gasteiger partial charge in [0.1, 0.15) is 11.6 Å². The molecule has 1 aromatic heterocycles. The lowest BCUT2D eigenvalue weighted by Gasteiger charge is -2.04. The highest BCUT2D eigenvalue weighted by Gasteiger charge is 2.13. The Bertz CT molecular complexity index is 370. The SMILES string of the molecule is Cn1cc(NC(=O)CCl)c(OCC(F)F)n1. The number of ether oxygens (including phenoxy) is 1. The largest absolute Gasteiger partial charge is 0.469 e. The van der Waals surface area contributed by atoms with E-state index in [0.717, 1.165) is 0 Å². The fraction of sp³-hybridized carbons (Fsp3) is 0.500. The minimum absolute atomic E-state index is 0.0544. The Labute approximate surface area is 95.3 Å². The fourth-order valence-electron chi connectivity index (χ4n) is 0.986. The van der Waals surface area contributed by atoms with Crippen LogP contribution in [0.15, 0.2) is 6.20 Å². The molecule has 0 fully saturated rings. The quantitative estimate of drug-likeness (QED) is 0.804. The standard InChI is InChI=1S/C8H10ClF2N3O2/c1-14-3-5(12-7(15)2-9)8(13-14)16-4-6(10)11/h3,6H,2,4H2,1H3,(H,12,15). The Morgan fingerprint density at radius 2 is 2.44 bits per heavy atom. The molecule has 1 amide bonds. The van der Waals surface area contributed by atoms with Gasteiger partial charge < -0.3 is 10.1 Å². The Kier molecular flexibility index (Phi) is 4.48. The van der Waals surface area contributed by atoms with Crippen LogP contribution in [-0.4, -0.2) is 34.6 Å². The molecule has 0 aliphatic heterocycles. The number of hydrogen-bond acceptors (Lipinski definition) is 3. The first-order valence-corrected chi connectivity index (χ1v) is 4.86. The van der Waals surface area contributed by atoms with Gasteiger partial charge in [0.25, 0.3) is 12.3 Å². The first kappa shape index (κ1) is 12.7. The van der Waals surface area contributed by atoms with E-state index < -0.39 is 18.9 Å². The summed E-state index contributed by atoms with van der Waals surface area (Å²) in [6.07, 6.45) is -1.16. The normalized spacial score (nSPS) is 10.6. The summed E-state index contributed by atoms with van der Waals surface area (Å²) in [6, 6.07) is 0. The van der Waals surface area contributed by atoms with Crippen LogP contribution in [0.2, 0.25) is 0 Å². The Balaban J connectivity index is 2.71. The molecule has 1 N–H and O–H groups in total. The lowest BCUT2D eigenvalue weighted by molar-refractivity contribution is -0.113. The minimum atomic E-state index is -2.60. The lowest BCUT2D eigenvalue weighted by atomic mass is 10.5. The zero-order chi connectivity index (χ0) is 12.1. The van der Waals surface area contributed by atoms with Crippen molar-refractivity contribution in [3.8, 4) is 5.88 Å². The van der Waals surface area contributed by atoms with E-state index >= 15 is 0 Å². The second-order valence-electron chi connectivity index (χ2n) is 2.91. The first-order chi connectivity index (χ1) is 7.52. The number of alkyl halides is 3. The van der Waals surface area contributed by atoms with Crippen molar-refractivity contribution in [2.75, 3.05) is 17.8 Å². The summed E-state index contributed by atoms with van der Waals surface area (Å²) in [7, 11) is 1.57. The summed E-state index contributed by atoms with van der Waals surface area (Å²) in [5.74, 6) is -0.749. The fourth-order valence-corrected chi connectivity index (χ4v) is 1.05. The van der Waals surface area contributed by atoms with Crippen molar-refractivity contribution in [3.63, 3.8) is 0 Å². The summed E-state index contributed by atoms with van der Waals surface area (Å²) in [5, 5.41) is 6.15. The Morgan fingerprint density at radius 3 is 3.00 bits per heavy atom. The third kappa shape index (κ3) is 3.65. The van der Waals surface area contributed by atoms with Crippen LogP contribution in [0.3, 0.4) is 0 Å². The van der Waals surface area contributed by atoms with Gasteiger partial charge in [-0.3, -0.25) is 9.48 Å². The number of halogens is 3. The van der Waals surface area contributed by atoms with E-state index in [1.54, 1.807) is 7.05 Å². The molecule has 0 atom stereocenters. The van der Waals surface area contributed by atoms with Crippen molar-refractivity contribution in [1.29, 1.82) is 0 Å². The van der Waals surface area contributed by atoms with Gasteiger partial charge >= 0.3 is 0 Å². The van der Waals surface area contributed by atoms with E-state index in [4.69, 9.17) is 16.3 Å². The van der Waals surface area contributed by atoms with Gasteiger partial charge in [-0.2, -0.15) is 0 Å². The van der Waals surface area contributed by atoms with Crippen molar-refractivity contribution in [2.45, 2.75) is 6.43 Å². The van der Waals surface area contributed by atoms with Crippen LogP contribution in [0.5, 0.6) is 5.88 Å². The van der Waals surface area contributed by atoms with Gasteiger partial charge in [0.15, 0.2) is 6.61 Å². The number of rotatable bonds is 5. The van der Waals surface area contributed by atoms with Crippen LogP contribution in [0, 0.1) is 0 Å². The van der Waals surface area contributed by atoms with Gasteiger partial charge in [-0.25, -0.2) is 8.78 Å². The van der Waals surface area contributed by atoms with Crippen LogP contribution in [0.25, 0.3) is 0 Å². The second-order valence-corrected chi connectivity index (χ2v) is 3.17. The molecule has 16 heavy (non-hydrogen) atoms. The first-order valence-electron chi connectivity index (χ1n) is 4.33. The summed E-state index contributed by atoms with van der Waals surface area (Å²) in [5.41, 5.74) is 0.216. The average molecular weight is 254 g/mol. The zero-order valence-electron chi connectivity index (χ0n) is 8.41. The molecular formula is C8H10ClF2N3O2. The van der Waals surface area contributed by atoms with Gasteiger partial charge in [0, 0.05) is 7.05 Å². The van der Waals surface area contributed by atoms with Crippen LogP contribution < -0.4 is 10.1 Å². The van der Waals surface area contributed by atoms with Gasteiger partial charge in [-0.05, 0) is 0 Å². The highest BCUT2D eigenvalue weighted by atomic mass is 35.5.